The molecule has 0 atom stereocenters. The highest BCUT2D eigenvalue weighted by molar-refractivity contribution is 6.30. The summed E-state index contributed by atoms with van der Waals surface area (Å²) >= 11 is 5.87. The van der Waals surface area contributed by atoms with Gasteiger partial charge in [0.15, 0.2) is 0 Å². The van der Waals surface area contributed by atoms with Gasteiger partial charge in [-0.3, -0.25) is 0 Å². The number of hydrogen-bond acceptors (Lipinski definition) is 2. The van der Waals surface area contributed by atoms with E-state index in [9.17, 15) is 4.79 Å². The fourth-order valence-corrected chi connectivity index (χ4v) is 2.08. The minimum atomic E-state index is -0.516. The maximum atomic E-state index is 11.8. The molecule has 0 aliphatic carbocycles. The van der Waals surface area contributed by atoms with Crippen LogP contribution < -0.4 is 5.32 Å². The van der Waals surface area contributed by atoms with Crippen LogP contribution >= 0.6 is 11.6 Å². The monoisotopic (exact) mass is 341 g/mol. The van der Waals surface area contributed by atoms with Crippen molar-refractivity contribution in [2.45, 2.75) is 32.9 Å². The minimum Gasteiger partial charge on any atom is -0.444 e. The molecule has 0 unspecified atom stereocenters. The van der Waals surface area contributed by atoms with E-state index in [2.05, 4.69) is 17.2 Å². The van der Waals surface area contributed by atoms with Gasteiger partial charge in [0.2, 0.25) is 0 Å². The smallest absolute Gasteiger partial charge is 0.407 e. The standard InChI is InChI=1S/C20H20ClNO2/c1-20(2,3)24-19(23)22-14-17-7-5-4-6-16(17)11-8-15-9-12-18(21)13-10-15/h4-7,9-10,12-13H,14H2,1-3H3,(H,22,23). The van der Waals surface area contributed by atoms with Gasteiger partial charge in [-0.1, -0.05) is 41.6 Å². The van der Waals surface area contributed by atoms with Gasteiger partial charge in [0.05, 0.1) is 0 Å². The summed E-state index contributed by atoms with van der Waals surface area (Å²) in [6, 6.07) is 15.1. The third-order valence-electron chi connectivity index (χ3n) is 3.03. The summed E-state index contributed by atoms with van der Waals surface area (Å²) in [5.74, 6) is 6.24. The first-order valence-electron chi connectivity index (χ1n) is 7.66. The predicted octanol–water partition coefficient (Wildman–Crippen LogP) is 4.76. The molecule has 4 heteroatoms. The van der Waals surface area contributed by atoms with Crippen LogP contribution in [0.3, 0.4) is 0 Å². The molecule has 0 fully saturated rings. The van der Waals surface area contributed by atoms with Crippen LogP contribution in [-0.2, 0) is 11.3 Å². The van der Waals surface area contributed by atoms with E-state index in [-0.39, 0.29) is 0 Å². The van der Waals surface area contributed by atoms with Crippen LogP contribution in [0.4, 0.5) is 4.79 Å². The zero-order chi connectivity index (χ0) is 17.6. The normalized spacial score (nSPS) is 10.5. The largest absolute Gasteiger partial charge is 0.444 e. The van der Waals surface area contributed by atoms with Crippen molar-refractivity contribution in [3.8, 4) is 11.8 Å². The molecular formula is C20H20ClNO2. The van der Waals surface area contributed by atoms with Crippen molar-refractivity contribution in [2.24, 2.45) is 0 Å². The van der Waals surface area contributed by atoms with Gasteiger partial charge in [-0.2, -0.15) is 0 Å². The average molecular weight is 342 g/mol. The molecule has 2 rings (SSSR count). The summed E-state index contributed by atoms with van der Waals surface area (Å²) in [5.41, 5.74) is 2.17. The molecule has 3 nitrogen and oxygen atoms in total. The first kappa shape index (κ1) is 17.9. The van der Waals surface area contributed by atoms with Crippen LogP contribution in [0.1, 0.15) is 37.5 Å². The fourth-order valence-electron chi connectivity index (χ4n) is 1.95. The van der Waals surface area contributed by atoms with Gasteiger partial charge in [-0.15, -0.1) is 0 Å². The summed E-state index contributed by atoms with van der Waals surface area (Å²) in [6.45, 7) is 5.86. The molecule has 1 N–H and O–H groups in total. The number of halogens is 1. The minimum absolute atomic E-state index is 0.361. The first-order chi connectivity index (χ1) is 11.3. The van der Waals surface area contributed by atoms with Gasteiger partial charge in [-0.25, -0.2) is 4.79 Å². The molecule has 124 valence electrons. The van der Waals surface area contributed by atoms with Crippen molar-refractivity contribution < 1.29 is 9.53 Å². The Kier molecular flexibility index (Phi) is 5.89. The molecular weight excluding hydrogens is 322 g/mol. The van der Waals surface area contributed by atoms with E-state index in [0.29, 0.717) is 11.6 Å². The highest BCUT2D eigenvalue weighted by atomic mass is 35.5. The van der Waals surface area contributed by atoms with Crippen LogP contribution in [0.25, 0.3) is 0 Å². The molecule has 0 radical (unpaired) electrons. The molecule has 2 aromatic rings. The van der Waals surface area contributed by atoms with E-state index in [0.717, 1.165) is 16.7 Å². The van der Waals surface area contributed by atoms with Gasteiger partial charge >= 0.3 is 6.09 Å². The van der Waals surface area contributed by atoms with Crippen molar-refractivity contribution in [3.05, 3.63) is 70.2 Å². The van der Waals surface area contributed by atoms with Crippen LogP contribution in [0.15, 0.2) is 48.5 Å². The Labute approximate surface area is 148 Å². The van der Waals surface area contributed by atoms with Crippen LogP contribution in [0.2, 0.25) is 5.02 Å². The van der Waals surface area contributed by atoms with Gasteiger partial charge < -0.3 is 10.1 Å². The van der Waals surface area contributed by atoms with Crippen molar-refractivity contribution in [2.75, 3.05) is 0 Å². The van der Waals surface area contributed by atoms with E-state index in [1.807, 2.05) is 69.3 Å². The second-order valence-electron chi connectivity index (χ2n) is 6.27. The zero-order valence-corrected chi connectivity index (χ0v) is 14.8. The lowest BCUT2D eigenvalue weighted by Gasteiger charge is -2.19. The summed E-state index contributed by atoms with van der Waals surface area (Å²) in [5, 5.41) is 3.44. The SMILES string of the molecule is CC(C)(C)OC(=O)NCc1ccccc1C#Cc1ccc(Cl)cc1. The molecule has 0 saturated heterocycles. The van der Waals surface area contributed by atoms with Gasteiger partial charge in [-0.05, 0) is 56.7 Å². The maximum Gasteiger partial charge on any atom is 0.407 e. The third-order valence-corrected chi connectivity index (χ3v) is 3.28. The second kappa shape index (κ2) is 7.90. The van der Waals surface area contributed by atoms with Gasteiger partial charge in [0.1, 0.15) is 5.60 Å². The quantitative estimate of drug-likeness (QED) is 0.799. The van der Waals surface area contributed by atoms with E-state index in [4.69, 9.17) is 16.3 Å². The Hall–Kier alpha value is -2.44. The Bertz CT molecular complexity index is 765. The van der Waals surface area contributed by atoms with Crippen molar-refractivity contribution in [1.29, 1.82) is 0 Å². The molecule has 0 saturated carbocycles. The molecule has 2 aromatic carbocycles. The first-order valence-corrected chi connectivity index (χ1v) is 8.04. The lowest BCUT2D eigenvalue weighted by Crippen LogP contribution is -2.32. The van der Waals surface area contributed by atoms with Gasteiger partial charge in [0.25, 0.3) is 0 Å². The van der Waals surface area contributed by atoms with Crippen LogP contribution in [-0.4, -0.2) is 11.7 Å². The number of benzene rings is 2. The lowest BCUT2D eigenvalue weighted by atomic mass is 10.1. The van der Waals surface area contributed by atoms with E-state index in [1.54, 1.807) is 0 Å². The highest BCUT2D eigenvalue weighted by Gasteiger charge is 2.15. The van der Waals surface area contributed by atoms with Crippen LogP contribution in [0.5, 0.6) is 0 Å². The number of nitrogens with one attached hydrogen (secondary N) is 1. The molecule has 1 amide bonds. The van der Waals surface area contributed by atoms with E-state index >= 15 is 0 Å². The Balaban J connectivity index is 2.08. The summed E-state index contributed by atoms with van der Waals surface area (Å²) < 4.78 is 5.24. The molecule has 0 bridgehead atoms. The van der Waals surface area contributed by atoms with Crippen LogP contribution in [0, 0.1) is 11.8 Å². The van der Waals surface area contributed by atoms with E-state index < -0.39 is 11.7 Å². The molecule has 0 aromatic heterocycles. The van der Waals surface area contributed by atoms with Crippen molar-refractivity contribution in [1.82, 2.24) is 5.32 Å². The molecule has 0 heterocycles. The number of hydrogen-bond donors (Lipinski definition) is 1. The van der Waals surface area contributed by atoms with Crippen molar-refractivity contribution in [3.63, 3.8) is 0 Å². The number of carbonyl (C=O) groups is 1. The number of amides is 1. The number of rotatable bonds is 2. The topological polar surface area (TPSA) is 38.3 Å². The average Bonchev–Trinajstić information content (AvgIpc) is 2.51. The predicted molar refractivity (Wildman–Crippen MR) is 96.9 cm³/mol. The highest BCUT2D eigenvalue weighted by Crippen LogP contribution is 2.11. The Morgan fingerprint density at radius 2 is 1.75 bits per heavy atom. The Morgan fingerprint density at radius 1 is 1.08 bits per heavy atom. The number of alkyl carbamates (subject to hydrolysis) is 1. The summed E-state index contributed by atoms with van der Waals surface area (Å²) in [6.07, 6.45) is -0.442. The fraction of sp³-hybridized carbons (Fsp3) is 0.250. The molecule has 0 spiro atoms. The third kappa shape index (κ3) is 5.98. The zero-order valence-electron chi connectivity index (χ0n) is 14.0. The second-order valence-corrected chi connectivity index (χ2v) is 6.71. The number of carbonyl (C=O) groups excluding carboxylic acids is 1. The molecule has 0 aliphatic heterocycles. The summed E-state index contributed by atoms with van der Waals surface area (Å²) in [4.78, 5) is 11.8. The maximum absolute atomic E-state index is 11.8. The van der Waals surface area contributed by atoms with Crippen molar-refractivity contribution >= 4 is 17.7 Å². The molecule has 0 aliphatic rings. The lowest BCUT2D eigenvalue weighted by molar-refractivity contribution is 0.0523. The van der Waals surface area contributed by atoms with E-state index in [1.165, 1.54) is 0 Å². The van der Waals surface area contributed by atoms with Gasteiger partial charge in [0, 0.05) is 22.7 Å². The summed E-state index contributed by atoms with van der Waals surface area (Å²) in [7, 11) is 0. The molecule has 24 heavy (non-hydrogen) atoms. The Morgan fingerprint density at radius 3 is 2.42 bits per heavy atom. The number of ether oxygens (including phenoxy) is 1.